The van der Waals surface area contributed by atoms with E-state index in [2.05, 4.69) is 19.2 Å². The van der Waals surface area contributed by atoms with E-state index in [1.807, 2.05) is 18.2 Å². The number of nitro groups is 1. The van der Waals surface area contributed by atoms with E-state index in [9.17, 15) is 10.1 Å². The maximum absolute atomic E-state index is 10.9. The Morgan fingerprint density at radius 3 is 2.67 bits per heavy atom. The molecule has 110 valence electrons. The van der Waals surface area contributed by atoms with Crippen molar-refractivity contribution < 1.29 is 4.92 Å². The Bertz CT molecular complexity index is 656. The molecule has 0 spiro atoms. The van der Waals surface area contributed by atoms with Crippen molar-refractivity contribution in [2.24, 2.45) is 0 Å². The molecule has 0 fully saturated rings. The maximum Gasteiger partial charge on any atom is 0.270 e. The maximum atomic E-state index is 10.9. The van der Waals surface area contributed by atoms with Gasteiger partial charge in [0.15, 0.2) is 0 Å². The average molecular weight is 305 g/mol. The van der Waals surface area contributed by atoms with Crippen molar-refractivity contribution >= 4 is 17.3 Å². The first-order chi connectivity index (χ1) is 9.97. The van der Waals surface area contributed by atoms with Gasteiger partial charge in [0.05, 0.1) is 4.92 Å². The standard InChI is InChI=1S/C16H17ClN2O2/c1-11(2)18-10-13-8-14(17)6-7-16(13)12-4-3-5-15(9-12)19(20)21/h3-9,11,18H,10H2,1-2H3. The molecule has 0 aliphatic carbocycles. The third kappa shape index (κ3) is 4.03. The van der Waals surface area contributed by atoms with E-state index in [1.54, 1.807) is 18.2 Å². The van der Waals surface area contributed by atoms with Gasteiger partial charge in [-0.15, -0.1) is 0 Å². The van der Waals surface area contributed by atoms with Crippen LogP contribution in [-0.2, 0) is 6.54 Å². The van der Waals surface area contributed by atoms with Crippen LogP contribution in [0.1, 0.15) is 19.4 Å². The van der Waals surface area contributed by atoms with Crippen molar-refractivity contribution in [2.75, 3.05) is 0 Å². The van der Waals surface area contributed by atoms with Crippen molar-refractivity contribution in [3.63, 3.8) is 0 Å². The summed E-state index contributed by atoms with van der Waals surface area (Å²) in [6.07, 6.45) is 0. The topological polar surface area (TPSA) is 55.2 Å². The second-order valence-electron chi connectivity index (χ2n) is 5.14. The van der Waals surface area contributed by atoms with Crippen LogP contribution in [0.4, 0.5) is 5.69 Å². The SMILES string of the molecule is CC(C)NCc1cc(Cl)ccc1-c1cccc([N+](=O)[O-])c1. The number of nitrogens with one attached hydrogen (secondary N) is 1. The number of nitro benzene ring substituents is 1. The first-order valence-corrected chi connectivity index (χ1v) is 7.12. The summed E-state index contributed by atoms with van der Waals surface area (Å²) in [6, 6.07) is 12.6. The van der Waals surface area contributed by atoms with Gasteiger partial charge in [0.1, 0.15) is 0 Å². The van der Waals surface area contributed by atoms with Gasteiger partial charge in [0, 0.05) is 29.7 Å². The minimum Gasteiger partial charge on any atom is -0.310 e. The highest BCUT2D eigenvalue weighted by Crippen LogP contribution is 2.29. The van der Waals surface area contributed by atoms with E-state index >= 15 is 0 Å². The van der Waals surface area contributed by atoms with Crippen LogP contribution < -0.4 is 5.32 Å². The Morgan fingerprint density at radius 1 is 1.24 bits per heavy atom. The molecule has 0 aliphatic heterocycles. The van der Waals surface area contributed by atoms with Crippen molar-refractivity contribution in [3.8, 4) is 11.1 Å². The summed E-state index contributed by atoms with van der Waals surface area (Å²) >= 11 is 6.07. The van der Waals surface area contributed by atoms with Gasteiger partial charge in [-0.05, 0) is 28.8 Å². The highest BCUT2D eigenvalue weighted by atomic mass is 35.5. The Kier molecular flexibility index (Phi) is 4.94. The van der Waals surface area contributed by atoms with Crippen molar-refractivity contribution in [1.29, 1.82) is 0 Å². The monoisotopic (exact) mass is 304 g/mol. The molecule has 0 aromatic heterocycles. The van der Waals surface area contributed by atoms with Gasteiger partial charge in [0.25, 0.3) is 5.69 Å². The Morgan fingerprint density at radius 2 is 2.00 bits per heavy atom. The van der Waals surface area contributed by atoms with E-state index in [0.717, 1.165) is 16.7 Å². The molecular weight excluding hydrogens is 288 g/mol. The van der Waals surface area contributed by atoms with Gasteiger partial charge >= 0.3 is 0 Å². The molecule has 5 heteroatoms. The second kappa shape index (κ2) is 6.70. The predicted octanol–water partition coefficient (Wildman–Crippen LogP) is 4.41. The van der Waals surface area contributed by atoms with Gasteiger partial charge in [-0.2, -0.15) is 0 Å². The van der Waals surface area contributed by atoms with Crippen molar-refractivity contribution in [1.82, 2.24) is 5.32 Å². The van der Waals surface area contributed by atoms with Crippen molar-refractivity contribution in [3.05, 3.63) is 63.2 Å². The molecule has 1 N–H and O–H groups in total. The van der Waals surface area contributed by atoms with E-state index in [1.165, 1.54) is 6.07 Å². The molecule has 2 aromatic rings. The Hall–Kier alpha value is -1.91. The summed E-state index contributed by atoms with van der Waals surface area (Å²) in [6.45, 7) is 4.80. The first kappa shape index (κ1) is 15.5. The average Bonchev–Trinajstić information content (AvgIpc) is 2.45. The lowest BCUT2D eigenvalue weighted by Gasteiger charge is -2.13. The third-order valence-corrected chi connectivity index (χ3v) is 3.37. The van der Waals surface area contributed by atoms with Crippen LogP contribution in [0.15, 0.2) is 42.5 Å². The zero-order valence-corrected chi connectivity index (χ0v) is 12.7. The summed E-state index contributed by atoms with van der Waals surface area (Å²) in [5.74, 6) is 0. The van der Waals surface area contributed by atoms with Crippen LogP contribution >= 0.6 is 11.6 Å². The van der Waals surface area contributed by atoms with E-state index in [-0.39, 0.29) is 10.6 Å². The molecule has 0 atom stereocenters. The van der Waals surface area contributed by atoms with E-state index < -0.39 is 0 Å². The molecular formula is C16H17ClN2O2. The highest BCUT2D eigenvalue weighted by Gasteiger charge is 2.11. The molecule has 0 saturated carbocycles. The minimum atomic E-state index is -0.383. The molecule has 0 unspecified atom stereocenters. The first-order valence-electron chi connectivity index (χ1n) is 6.74. The second-order valence-corrected chi connectivity index (χ2v) is 5.58. The Balaban J connectivity index is 2.42. The lowest BCUT2D eigenvalue weighted by atomic mass is 9.99. The number of rotatable bonds is 5. The van der Waals surface area contributed by atoms with Crippen LogP contribution in [0.2, 0.25) is 5.02 Å². The smallest absolute Gasteiger partial charge is 0.270 e. The number of nitrogens with zero attached hydrogens (tertiary/aromatic N) is 1. The zero-order chi connectivity index (χ0) is 15.4. The Labute approximate surface area is 128 Å². The number of hydrogen-bond donors (Lipinski definition) is 1. The van der Waals surface area contributed by atoms with Crippen LogP contribution in [0.5, 0.6) is 0 Å². The fraction of sp³-hybridized carbons (Fsp3) is 0.250. The molecule has 0 aliphatic rings. The fourth-order valence-corrected chi connectivity index (χ4v) is 2.29. The van der Waals surface area contributed by atoms with Crippen LogP contribution in [0.3, 0.4) is 0 Å². The molecule has 4 nitrogen and oxygen atoms in total. The molecule has 0 amide bonds. The lowest BCUT2D eigenvalue weighted by Crippen LogP contribution is -2.22. The summed E-state index contributed by atoms with van der Waals surface area (Å²) in [7, 11) is 0. The van der Waals surface area contributed by atoms with E-state index in [4.69, 9.17) is 11.6 Å². The summed E-state index contributed by atoms with van der Waals surface area (Å²) in [4.78, 5) is 10.5. The number of benzene rings is 2. The van der Waals surface area contributed by atoms with Crippen LogP contribution in [-0.4, -0.2) is 11.0 Å². The van der Waals surface area contributed by atoms with Gasteiger partial charge < -0.3 is 5.32 Å². The van der Waals surface area contributed by atoms with Crippen molar-refractivity contribution in [2.45, 2.75) is 26.4 Å². The fourth-order valence-electron chi connectivity index (χ4n) is 2.09. The van der Waals surface area contributed by atoms with Gasteiger partial charge in [-0.3, -0.25) is 10.1 Å². The number of hydrogen-bond acceptors (Lipinski definition) is 3. The summed E-state index contributed by atoms with van der Waals surface area (Å²) in [5, 5.41) is 14.9. The largest absolute Gasteiger partial charge is 0.310 e. The van der Waals surface area contributed by atoms with Crippen LogP contribution in [0.25, 0.3) is 11.1 Å². The summed E-state index contributed by atoms with van der Waals surface area (Å²) < 4.78 is 0. The molecule has 2 rings (SSSR count). The molecule has 2 aromatic carbocycles. The number of non-ortho nitro benzene ring substituents is 1. The normalized spacial score (nSPS) is 10.9. The van der Waals surface area contributed by atoms with Gasteiger partial charge in [-0.1, -0.05) is 43.6 Å². The van der Waals surface area contributed by atoms with E-state index in [0.29, 0.717) is 17.6 Å². The molecule has 0 radical (unpaired) electrons. The molecule has 21 heavy (non-hydrogen) atoms. The quantitative estimate of drug-likeness (QED) is 0.657. The summed E-state index contributed by atoms with van der Waals surface area (Å²) in [5.41, 5.74) is 2.89. The predicted molar refractivity (Wildman–Crippen MR) is 85.5 cm³/mol. The highest BCUT2D eigenvalue weighted by molar-refractivity contribution is 6.30. The third-order valence-electron chi connectivity index (χ3n) is 3.14. The molecule has 0 heterocycles. The minimum absolute atomic E-state index is 0.0882. The van der Waals surface area contributed by atoms with Gasteiger partial charge in [0.2, 0.25) is 0 Å². The number of halogens is 1. The van der Waals surface area contributed by atoms with Gasteiger partial charge in [-0.25, -0.2) is 0 Å². The van der Waals surface area contributed by atoms with Crippen LogP contribution in [0, 0.1) is 10.1 Å². The lowest BCUT2D eigenvalue weighted by molar-refractivity contribution is -0.384. The zero-order valence-electron chi connectivity index (χ0n) is 12.0. The molecule has 0 saturated heterocycles. The molecule has 0 bridgehead atoms.